The molecule has 0 spiro atoms. The molecule has 2 aromatic rings. The number of rotatable bonds is 7. The molecule has 2 atom stereocenters. The molecule has 3 rings (SSSR count). The third-order valence-corrected chi connectivity index (χ3v) is 8.60. The van der Waals surface area contributed by atoms with E-state index in [4.69, 9.17) is 26.2 Å². The minimum Gasteiger partial charge on any atom is -0.483 e. The summed E-state index contributed by atoms with van der Waals surface area (Å²) < 4.78 is 61.1. The first-order valence-electron chi connectivity index (χ1n) is 11.6. The second-order valence-corrected chi connectivity index (χ2v) is 11.4. The Morgan fingerprint density at radius 2 is 1.65 bits per heavy atom. The van der Waals surface area contributed by atoms with E-state index in [1.807, 2.05) is 0 Å². The highest BCUT2D eigenvalue weighted by Crippen LogP contribution is 2.37. The molecule has 0 unspecified atom stereocenters. The Labute approximate surface area is 220 Å². The Hall–Kier alpha value is -2.76. The maximum atomic E-state index is 14.7. The molecular weight excluding hydrogens is 530 g/mol. The lowest BCUT2D eigenvalue weighted by Crippen LogP contribution is -2.51. The molecule has 1 aliphatic heterocycles. The molecule has 1 aliphatic rings. The Morgan fingerprint density at radius 3 is 2.19 bits per heavy atom. The number of carbonyl (C=O) groups excluding carboxylic acids is 1. The quantitative estimate of drug-likeness (QED) is 0.492. The standard InChI is InChI=1S/C24H29ClF2N2O4S.CH2O2/c1-16(2)28-10-12-29(13-11-28)24(30)33-15-17(3)23(21-14-19(26)6-9-22(21)27)34(31,32)20-7-4-18(25)5-8-20;2-1-3/h4-9,14,16-17,23H,10-13,15H2,1-3H3;1H,(H,2,3)/t17-,23+;/m1./s1. The summed E-state index contributed by atoms with van der Waals surface area (Å²) in [6, 6.07) is 8.51. The summed E-state index contributed by atoms with van der Waals surface area (Å²) in [5, 5.41) is 5.75. The minimum atomic E-state index is -4.18. The van der Waals surface area contributed by atoms with Gasteiger partial charge in [-0.1, -0.05) is 18.5 Å². The number of benzene rings is 2. The number of halogens is 3. The van der Waals surface area contributed by atoms with Gasteiger partial charge in [0.1, 0.15) is 11.6 Å². The number of sulfone groups is 1. The van der Waals surface area contributed by atoms with E-state index in [-0.39, 0.29) is 23.5 Å². The van der Waals surface area contributed by atoms with Crippen molar-refractivity contribution < 1.29 is 36.6 Å². The van der Waals surface area contributed by atoms with Crippen LogP contribution in [-0.2, 0) is 19.4 Å². The van der Waals surface area contributed by atoms with Crippen molar-refractivity contribution in [2.75, 3.05) is 32.8 Å². The van der Waals surface area contributed by atoms with E-state index < -0.39 is 38.7 Å². The SMILES string of the molecule is CC(C)N1CCN(C(=O)OC[C@@H](C)[C@@H](c2cc(F)ccc2F)S(=O)(=O)c2ccc(Cl)cc2)CC1.O=CO. The monoisotopic (exact) mass is 560 g/mol. The number of hydrogen-bond donors (Lipinski definition) is 1. The molecule has 0 aliphatic carbocycles. The van der Waals surface area contributed by atoms with E-state index >= 15 is 0 Å². The van der Waals surface area contributed by atoms with Crippen LogP contribution in [-0.4, -0.2) is 74.7 Å². The fraction of sp³-hybridized carbons (Fsp3) is 0.440. The maximum Gasteiger partial charge on any atom is 0.409 e. The van der Waals surface area contributed by atoms with Crippen LogP contribution in [0.3, 0.4) is 0 Å². The molecule has 0 aromatic heterocycles. The van der Waals surface area contributed by atoms with E-state index in [0.29, 0.717) is 37.2 Å². The number of carboxylic acid groups (broad SMARTS) is 1. The topological polar surface area (TPSA) is 104 Å². The molecule has 1 saturated heterocycles. The molecule has 1 heterocycles. The molecule has 37 heavy (non-hydrogen) atoms. The Balaban J connectivity index is 0.00000153. The van der Waals surface area contributed by atoms with Crippen LogP contribution in [0.25, 0.3) is 0 Å². The van der Waals surface area contributed by atoms with Crippen molar-refractivity contribution in [1.82, 2.24) is 9.80 Å². The molecule has 0 saturated carbocycles. The Bertz CT molecular complexity index is 1160. The lowest BCUT2D eigenvalue weighted by atomic mass is 10.0. The highest BCUT2D eigenvalue weighted by atomic mass is 35.5. The van der Waals surface area contributed by atoms with Crippen molar-refractivity contribution in [3.8, 4) is 0 Å². The summed E-state index contributed by atoms with van der Waals surface area (Å²) in [5.74, 6) is -2.48. The lowest BCUT2D eigenvalue weighted by Gasteiger charge is -2.36. The molecule has 1 fully saturated rings. The predicted octanol–water partition coefficient (Wildman–Crippen LogP) is 4.63. The van der Waals surface area contributed by atoms with Crippen molar-refractivity contribution >= 4 is 34.0 Å². The van der Waals surface area contributed by atoms with E-state index in [2.05, 4.69) is 18.7 Å². The summed E-state index contributed by atoms with van der Waals surface area (Å²) in [4.78, 5) is 24.7. The Morgan fingerprint density at radius 1 is 1.08 bits per heavy atom. The smallest absolute Gasteiger partial charge is 0.409 e. The second kappa shape index (κ2) is 13.7. The largest absolute Gasteiger partial charge is 0.483 e. The first-order chi connectivity index (χ1) is 17.4. The third kappa shape index (κ3) is 8.11. The van der Waals surface area contributed by atoms with Gasteiger partial charge in [-0.15, -0.1) is 0 Å². The molecule has 204 valence electrons. The maximum absolute atomic E-state index is 14.7. The second-order valence-electron chi connectivity index (χ2n) is 8.86. The summed E-state index contributed by atoms with van der Waals surface area (Å²) in [5.41, 5.74) is -0.316. The molecule has 0 radical (unpaired) electrons. The van der Waals surface area contributed by atoms with Gasteiger partial charge in [-0.2, -0.15) is 0 Å². The van der Waals surface area contributed by atoms with Gasteiger partial charge in [0.2, 0.25) is 0 Å². The van der Waals surface area contributed by atoms with Gasteiger partial charge in [0.25, 0.3) is 6.47 Å². The summed E-state index contributed by atoms with van der Waals surface area (Å²) >= 11 is 5.88. The first-order valence-corrected chi connectivity index (χ1v) is 13.5. The molecule has 1 amide bonds. The highest BCUT2D eigenvalue weighted by molar-refractivity contribution is 7.91. The van der Waals surface area contributed by atoms with Gasteiger partial charge in [0.15, 0.2) is 9.84 Å². The van der Waals surface area contributed by atoms with Crippen LogP contribution in [0.4, 0.5) is 13.6 Å². The fourth-order valence-corrected chi connectivity index (χ4v) is 6.23. The number of carbonyl (C=O) groups is 2. The van der Waals surface area contributed by atoms with Gasteiger partial charge in [-0.05, 0) is 56.3 Å². The first kappa shape index (κ1) is 30.5. The number of nitrogens with zero attached hydrogens (tertiary/aromatic N) is 2. The fourth-order valence-electron chi connectivity index (χ4n) is 4.09. The van der Waals surface area contributed by atoms with Crippen LogP contribution in [0.15, 0.2) is 47.4 Å². The van der Waals surface area contributed by atoms with Crippen molar-refractivity contribution in [2.45, 2.75) is 37.0 Å². The number of ether oxygens (including phenoxy) is 1. The van der Waals surface area contributed by atoms with Crippen LogP contribution in [0.2, 0.25) is 5.02 Å². The summed E-state index contributed by atoms with van der Waals surface area (Å²) in [7, 11) is -4.18. The van der Waals surface area contributed by atoms with Crippen LogP contribution < -0.4 is 0 Å². The van der Waals surface area contributed by atoms with Gasteiger partial charge in [0, 0.05) is 48.7 Å². The van der Waals surface area contributed by atoms with Gasteiger partial charge >= 0.3 is 6.09 Å². The number of amides is 1. The van der Waals surface area contributed by atoms with Gasteiger partial charge in [-0.3, -0.25) is 9.69 Å². The van der Waals surface area contributed by atoms with Crippen LogP contribution in [0.1, 0.15) is 31.6 Å². The van der Waals surface area contributed by atoms with E-state index in [1.54, 1.807) is 4.90 Å². The normalized spacial score (nSPS) is 15.9. The molecular formula is C25H31ClF2N2O6S. The zero-order chi connectivity index (χ0) is 27.8. The summed E-state index contributed by atoms with van der Waals surface area (Å²) in [6.45, 7) is 7.59. The van der Waals surface area contributed by atoms with Crippen molar-refractivity contribution in [3.63, 3.8) is 0 Å². The minimum absolute atomic E-state index is 0.0893. The van der Waals surface area contributed by atoms with Crippen molar-refractivity contribution in [3.05, 3.63) is 64.7 Å². The van der Waals surface area contributed by atoms with Gasteiger partial charge in [-0.25, -0.2) is 22.0 Å². The predicted molar refractivity (Wildman–Crippen MR) is 135 cm³/mol. The average Bonchev–Trinajstić information content (AvgIpc) is 2.85. The molecule has 0 bridgehead atoms. The van der Waals surface area contributed by atoms with E-state index in [1.165, 1.54) is 31.2 Å². The van der Waals surface area contributed by atoms with Crippen LogP contribution in [0, 0.1) is 17.6 Å². The van der Waals surface area contributed by atoms with Crippen LogP contribution in [0.5, 0.6) is 0 Å². The molecule has 8 nitrogen and oxygen atoms in total. The lowest BCUT2D eigenvalue weighted by molar-refractivity contribution is -0.122. The van der Waals surface area contributed by atoms with E-state index in [0.717, 1.165) is 18.2 Å². The molecule has 12 heteroatoms. The zero-order valence-electron chi connectivity index (χ0n) is 20.8. The van der Waals surface area contributed by atoms with E-state index in [9.17, 15) is 22.0 Å². The van der Waals surface area contributed by atoms with Gasteiger partial charge in [0.05, 0.1) is 16.8 Å². The molecule has 1 N–H and O–H groups in total. The molecule has 2 aromatic carbocycles. The van der Waals surface area contributed by atoms with Crippen molar-refractivity contribution in [1.29, 1.82) is 0 Å². The third-order valence-electron chi connectivity index (χ3n) is 6.03. The number of hydrogen-bond acceptors (Lipinski definition) is 6. The Kier molecular flexibility index (Phi) is 11.3. The van der Waals surface area contributed by atoms with Gasteiger partial charge < -0.3 is 14.7 Å². The van der Waals surface area contributed by atoms with Crippen LogP contribution >= 0.6 is 11.6 Å². The number of piperazine rings is 1. The highest BCUT2D eigenvalue weighted by Gasteiger charge is 2.37. The average molecular weight is 561 g/mol. The summed E-state index contributed by atoms with van der Waals surface area (Å²) in [6.07, 6.45) is -0.558. The zero-order valence-corrected chi connectivity index (χ0v) is 22.4. The van der Waals surface area contributed by atoms with Crippen molar-refractivity contribution in [2.24, 2.45) is 5.92 Å².